The Morgan fingerprint density at radius 2 is 1.25 bits per heavy atom. The number of carbonyl (C=O) groups excluding carboxylic acids is 2. The summed E-state index contributed by atoms with van der Waals surface area (Å²) in [5.41, 5.74) is 0. The molecule has 0 rings (SSSR count). The summed E-state index contributed by atoms with van der Waals surface area (Å²) < 4.78 is 0. The monoisotopic (exact) mass is 480 g/mol. The summed E-state index contributed by atoms with van der Waals surface area (Å²) in [5.74, 6) is 0.573. The molecule has 0 aromatic rings. The van der Waals surface area contributed by atoms with Crippen LogP contribution in [0.3, 0.4) is 0 Å². The van der Waals surface area contributed by atoms with Gasteiger partial charge >= 0.3 is 116 Å². The first-order valence-corrected chi connectivity index (χ1v) is 8.83. The van der Waals surface area contributed by atoms with Gasteiger partial charge in [-0.1, -0.05) is 53.4 Å². The van der Waals surface area contributed by atoms with Gasteiger partial charge in [0.2, 0.25) is 0 Å². The molecule has 1 amide bonds. The van der Waals surface area contributed by atoms with E-state index < -0.39 is 0 Å². The first kappa shape index (κ1) is 31.4. The molecule has 4 nitrogen and oxygen atoms in total. The van der Waals surface area contributed by atoms with Crippen molar-refractivity contribution in [2.24, 2.45) is 5.92 Å². The number of carbonyl (C=O) groups is 2. The van der Waals surface area contributed by atoms with E-state index in [4.69, 9.17) is 0 Å². The third-order valence-corrected chi connectivity index (χ3v) is 3.49. The van der Waals surface area contributed by atoms with Gasteiger partial charge in [-0.25, -0.2) is 0 Å². The minimum absolute atomic E-state index is 0. The van der Waals surface area contributed by atoms with Crippen LogP contribution in [0, 0.1) is 5.92 Å². The summed E-state index contributed by atoms with van der Waals surface area (Å²) in [6, 6.07) is 0.110. The van der Waals surface area contributed by atoms with Gasteiger partial charge in [-0.3, -0.25) is 4.79 Å². The molecule has 0 atom stereocenters. The molecule has 0 heterocycles. The number of nitrogens with zero attached hydrogens (tertiary/aromatic N) is 2. The zero-order valence-electron chi connectivity index (χ0n) is 16.9. The number of Topliss-reactive ketones (excluding diaryl/α,β-unsaturated/α-hetero) is 1. The number of ketones is 1. The van der Waals surface area contributed by atoms with E-state index >= 15 is 0 Å². The predicted molar refractivity (Wildman–Crippen MR) is 93.4 cm³/mol. The first-order valence-electron chi connectivity index (χ1n) is 8.83. The summed E-state index contributed by atoms with van der Waals surface area (Å²) in [7, 11) is 0. The minimum Gasteiger partial charge on any atom is -0.662 e. The number of unbranched alkanes of at least 4 members (excludes halogenated alkanes) is 4. The van der Waals surface area contributed by atoms with E-state index in [-0.39, 0.29) is 134 Å². The zero-order chi connectivity index (χ0) is 16.8. The van der Waals surface area contributed by atoms with Gasteiger partial charge in [0, 0.05) is 12.3 Å². The zero-order valence-corrected chi connectivity index (χ0v) is 26.8. The molecule has 6 heteroatoms. The van der Waals surface area contributed by atoms with Crippen LogP contribution in [0.15, 0.2) is 0 Å². The first-order chi connectivity index (χ1) is 10.4. The Labute approximate surface area is 247 Å². The van der Waals surface area contributed by atoms with Crippen molar-refractivity contribution >= 4 is 11.7 Å². The Balaban J connectivity index is -0.00000220. The summed E-state index contributed by atoms with van der Waals surface area (Å²) in [5, 5.41) is 8.48. The fraction of sp³-hybridized carbons (Fsp3) is 0.889. The van der Waals surface area contributed by atoms with E-state index in [0.717, 1.165) is 51.6 Å². The predicted octanol–water partition coefficient (Wildman–Crippen LogP) is -0.977. The van der Waals surface area contributed by atoms with E-state index in [1.165, 1.54) is 0 Å². The Morgan fingerprint density at radius 1 is 0.750 bits per heavy atom. The van der Waals surface area contributed by atoms with Crippen LogP contribution in [0.4, 0.5) is 0 Å². The Morgan fingerprint density at radius 3 is 1.71 bits per heavy atom. The quantitative estimate of drug-likeness (QED) is 0.300. The van der Waals surface area contributed by atoms with Gasteiger partial charge in [0.05, 0.1) is 5.91 Å². The van der Waals surface area contributed by atoms with Gasteiger partial charge in [-0.2, -0.15) is 0 Å². The third kappa shape index (κ3) is 22.8. The second-order valence-corrected chi connectivity index (χ2v) is 6.53. The fourth-order valence-electron chi connectivity index (χ4n) is 2.13. The van der Waals surface area contributed by atoms with Crippen LogP contribution in [0.1, 0.15) is 79.1 Å². The van der Waals surface area contributed by atoms with Crippen LogP contribution in [0.2, 0.25) is 0 Å². The molecule has 0 aliphatic rings. The normalized spacial score (nSPS) is 10.2. The number of rotatable bonds is 14. The van der Waals surface area contributed by atoms with Crippen LogP contribution in [-0.2, 0) is 9.59 Å². The van der Waals surface area contributed by atoms with Gasteiger partial charge in [-0.15, -0.1) is 19.1 Å². The van der Waals surface area contributed by atoms with Crippen molar-refractivity contribution in [3.8, 4) is 0 Å². The molecule has 130 valence electrons. The molecule has 0 fully saturated rings. The molecule has 0 radical (unpaired) electrons. The molecule has 24 heavy (non-hydrogen) atoms. The van der Waals surface area contributed by atoms with Crippen LogP contribution < -0.4 is 116 Å². The van der Waals surface area contributed by atoms with Crippen molar-refractivity contribution < 1.29 is 126 Å². The van der Waals surface area contributed by atoms with E-state index in [2.05, 4.69) is 10.6 Å². The molecule has 0 aliphatic carbocycles. The van der Waals surface area contributed by atoms with Crippen LogP contribution >= 0.6 is 0 Å². The van der Waals surface area contributed by atoms with Crippen molar-refractivity contribution in [3.05, 3.63) is 10.6 Å². The largest absolute Gasteiger partial charge is 1.00 e. The third-order valence-electron chi connectivity index (χ3n) is 3.49. The van der Waals surface area contributed by atoms with Crippen molar-refractivity contribution in [2.75, 3.05) is 13.1 Å². The topological polar surface area (TPSA) is 62.3 Å². The Hall–Kier alpha value is 2.71. The maximum atomic E-state index is 11.4. The molecule has 0 bridgehead atoms. The van der Waals surface area contributed by atoms with Crippen LogP contribution in [-0.4, -0.2) is 30.8 Å². The van der Waals surface area contributed by atoms with E-state index in [1.807, 2.05) is 27.7 Å². The van der Waals surface area contributed by atoms with Gasteiger partial charge in [-0.05, 0) is 19.3 Å². The molecule has 0 saturated carbocycles. The van der Waals surface area contributed by atoms with Gasteiger partial charge in [0.1, 0.15) is 5.78 Å². The standard InChI is InChI=1S/C18H35N2O2.2Rb/c1-15(2)17(21)11-7-5-9-13-19-14-10-6-8-12-18(22)20-16(3)4;;/h15-16H,5-14H2,1-4H3,(H,20,22);;/q-1;2*+1/p-1. The van der Waals surface area contributed by atoms with Crippen molar-refractivity contribution in [1.29, 1.82) is 0 Å². The molecule has 0 spiro atoms. The summed E-state index contributed by atoms with van der Waals surface area (Å²) in [6.45, 7) is 9.56. The fourth-order valence-corrected chi connectivity index (χ4v) is 2.13. The Kier molecular flexibility index (Phi) is 28.8. The number of amides is 1. The molecule has 0 aromatic heterocycles. The van der Waals surface area contributed by atoms with Crippen molar-refractivity contribution in [2.45, 2.75) is 85.1 Å². The van der Waals surface area contributed by atoms with Gasteiger partial charge < -0.3 is 15.4 Å². The van der Waals surface area contributed by atoms with Crippen molar-refractivity contribution in [3.63, 3.8) is 0 Å². The molecular formula is C18H34N2O2Rb2. The molecule has 0 saturated heterocycles. The maximum absolute atomic E-state index is 11.4. The average molecular weight is 481 g/mol. The van der Waals surface area contributed by atoms with E-state index in [9.17, 15) is 9.59 Å². The average Bonchev–Trinajstić information content (AvgIpc) is 2.43. The molecule has 0 aliphatic heterocycles. The van der Waals surface area contributed by atoms with Gasteiger partial charge in [0.25, 0.3) is 0 Å². The molecule has 0 N–H and O–H groups in total. The van der Waals surface area contributed by atoms with Crippen LogP contribution in [0.25, 0.3) is 10.6 Å². The minimum atomic E-state index is 0. The van der Waals surface area contributed by atoms with E-state index in [0.29, 0.717) is 18.6 Å². The van der Waals surface area contributed by atoms with E-state index in [1.54, 1.807) is 0 Å². The SMILES string of the molecule is CC(C)[N-]C(=O)CCCCC[N-]CCCCCC(=O)C(C)C.[Rb+].[Rb+]. The maximum Gasteiger partial charge on any atom is 1.00 e. The molecular weight excluding hydrogens is 447 g/mol. The summed E-state index contributed by atoms with van der Waals surface area (Å²) in [4.78, 5) is 22.8. The summed E-state index contributed by atoms with van der Waals surface area (Å²) in [6.07, 6.45) is 7.47. The van der Waals surface area contributed by atoms with Crippen molar-refractivity contribution in [1.82, 2.24) is 0 Å². The Bertz CT molecular complexity index is 311. The smallest absolute Gasteiger partial charge is 0.662 e. The molecule has 0 aromatic carbocycles. The second kappa shape index (κ2) is 22.0. The number of hydrogen-bond acceptors (Lipinski definition) is 2. The molecule has 0 unspecified atom stereocenters. The van der Waals surface area contributed by atoms with Crippen LogP contribution in [0.5, 0.6) is 0 Å². The second-order valence-electron chi connectivity index (χ2n) is 6.53. The number of hydrogen-bond donors (Lipinski definition) is 0. The summed E-state index contributed by atoms with van der Waals surface area (Å²) >= 11 is 0. The van der Waals surface area contributed by atoms with Gasteiger partial charge in [0.15, 0.2) is 0 Å².